The van der Waals surface area contributed by atoms with Gasteiger partial charge in [-0.25, -0.2) is 13.1 Å². The molecule has 0 saturated heterocycles. The van der Waals surface area contributed by atoms with Crippen LogP contribution in [-0.4, -0.2) is 33.0 Å². The average Bonchev–Trinajstić information content (AvgIpc) is 2.38. The highest BCUT2D eigenvalue weighted by Gasteiger charge is 2.20. The van der Waals surface area contributed by atoms with Crippen molar-refractivity contribution in [2.75, 3.05) is 18.9 Å². The van der Waals surface area contributed by atoms with Crippen LogP contribution in [0.25, 0.3) is 0 Å². The first-order valence-electron chi connectivity index (χ1n) is 5.99. The molecule has 1 atom stereocenters. The van der Waals surface area contributed by atoms with Gasteiger partial charge in [-0.05, 0) is 32.5 Å². The van der Waals surface area contributed by atoms with Gasteiger partial charge in [0.15, 0.2) is 0 Å². The molecule has 4 N–H and O–H groups in total. The molecule has 0 fully saturated rings. The van der Waals surface area contributed by atoms with Crippen LogP contribution in [0.4, 0.5) is 11.4 Å². The molecule has 20 heavy (non-hydrogen) atoms. The number of benzene rings is 1. The number of anilines is 1. The van der Waals surface area contributed by atoms with Crippen molar-refractivity contribution in [2.45, 2.75) is 24.3 Å². The minimum atomic E-state index is -3.71. The van der Waals surface area contributed by atoms with Crippen molar-refractivity contribution in [3.05, 3.63) is 28.3 Å². The van der Waals surface area contributed by atoms with Gasteiger partial charge in [0.2, 0.25) is 10.0 Å². The minimum absolute atomic E-state index is 0.0227. The molecule has 0 heterocycles. The molecule has 1 aromatic rings. The summed E-state index contributed by atoms with van der Waals surface area (Å²) < 4.78 is 25.4. The Morgan fingerprint density at radius 1 is 1.45 bits per heavy atom. The molecule has 1 rings (SSSR count). The van der Waals surface area contributed by atoms with Gasteiger partial charge in [0.25, 0.3) is 5.69 Å². The molecular weight excluding hydrogens is 284 g/mol. The Morgan fingerprint density at radius 3 is 2.60 bits per heavy atom. The Balaban J connectivity index is 3.06. The molecule has 1 unspecified atom stereocenters. The van der Waals surface area contributed by atoms with Gasteiger partial charge in [-0.2, -0.15) is 0 Å². The Kier molecular flexibility index (Phi) is 5.43. The van der Waals surface area contributed by atoms with E-state index in [9.17, 15) is 18.5 Å². The van der Waals surface area contributed by atoms with Crippen molar-refractivity contribution in [3.63, 3.8) is 0 Å². The van der Waals surface area contributed by atoms with Crippen LogP contribution < -0.4 is 15.8 Å². The summed E-state index contributed by atoms with van der Waals surface area (Å²) in [4.78, 5) is 10.2. The molecule has 0 spiro atoms. The summed E-state index contributed by atoms with van der Waals surface area (Å²) in [5.41, 5.74) is 5.58. The normalized spacial score (nSPS) is 12.9. The highest BCUT2D eigenvalue weighted by Crippen LogP contribution is 2.27. The Labute approximate surface area is 117 Å². The fourth-order valence-electron chi connectivity index (χ4n) is 1.53. The maximum absolute atomic E-state index is 11.6. The SMILES string of the molecule is CNS(=O)(=O)c1ccc(NCCC(C)N)c([N+](=O)[O-])c1. The van der Waals surface area contributed by atoms with Gasteiger partial charge < -0.3 is 11.1 Å². The quantitative estimate of drug-likeness (QED) is 0.501. The van der Waals surface area contributed by atoms with Gasteiger partial charge in [0, 0.05) is 18.7 Å². The molecular formula is C11H18N4O4S. The highest BCUT2D eigenvalue weighted by atomic mass is 32.2. The predicted octanol–water partition coefficient (Wildman–Crippen LogP) is 0.652. The van der Waals surface area contributed by atoms with E-state index >= 15 is 0 Å². The first-order chi connectivity index (χ1) is 9.27. The molecule has 0 bridgehead atoms. The molecule has 0 aromatic heterocycles. The zero-order valence-electron chi connectivity index (χ0n) is 11.3. The number of rotatable bonds is 7. The van der Waals surface area contributed by atoms with Crippen LogP contribution in [-0.2, 0) is 10.0 Å². The fourth-order valence-corrected chi connectivity index (χ4v) is 2.28. The van der Waals surface area contributed by atoms with Gasteiger partial charge in [-0.3, -0.25) is 10.1 Å². The average molecular weight is 302 g/mol. The second-order valence-electron chi connectivity index (χ2n) is 4.34. The summed E-state index contributed by atoms with van der Waals surface area (Å²) in [6.45, 7) is 2.30. The number of hydrogen-bond donors (Lipinski definition) is 3. The van der Waals surface area contributed by atoms with Crippen molar-refractivity contribution < 1.29 is 13.3 Å². The van der Waals surface area contributed by atoms with Crippen molar-refractivity contribution in [1.82, 2.24) is 4.72 Å². The predicted molar refractivity (Wildman–Crippen MR) is 76.1 cm³/mol. The van der Waals surface area contributed by atoms with Gasteiger partial charge >= 0.3 is 0 Å². The lowest BCUT2D eigenvalue weighted by molar-refractivity contribution is -0.384. The summed E-state index contributed by atoms with van der Waals surface area (Å²) >= 11 is 0. The van der Waals surface area contributed by atoms with Crippen molar-refractivity contribution in [3.8, 4) is 0 Å². The third-order valence-corrected chi connectivity index (χ3v) is 4.07. The van der Waals surface area contributed by atoms with Crippen LogP contribution in [0.15, 0.2) is 23.1 Å². The third-order valence-electron chi connectivity index (χ3n) is 2.66. The number of sulfonamides is 1. The second kappa shape index (κ2) is 6.64. The first-order valence-corrected chi connectivity index (χ1v) is 7.47. The number of nitro benzene ring substituents is 1. The fraction of sp³-hybridized carbons (Fsp3) is 0.455. The lowest BCUT2D eigenvalue weighted by Crippen LogP contribution is -2.20. The van der Waals surface area contributed by atoms with E-state index in [1.807, 2.05) is 6.92 Å². The largest absolute Gasteiger partial charge is 0.379 e. The van der Waals surface area contributed by atoms with Crippen LogP contribution in [0.1, 0.15) is 13.3 Å². The molecule has 8 nitrogen and oxygen atoms in total. The van der Waals surface area contributed by atoms with Gasteiger partial charge in [-0.1, -0.05) is 0 Å². The summed E-state index contributed by atoms with van der Waals surface area (Å²) in [5.74, 6) is 0. The topological polar surface area (TPSA) is 127 Å². The molecule has 0 aliphatic heterocycles. The van der Waals surface area contributed by atoms with E-state index in [0.29, 0.717) is 13.0 Å². The van der Waals surface area contributed by atoms with E-state index in [-0.39, 0.29) is 22.3 Å². The van der Waals surface area contributed by atoms with Gasteiger partial charge in [0.05, 0.1) is 9.82 Å². The summed E-state index contributed by atoms with van der Waals surface area (Å²) in [5, 5.41) is 13.9. The lowest BCUT2D eigenvalue weighted by atomic mass is 10.2. The van der Waals surface area contributed by atoms with E-state index in [1.54, 1.807) is 0 Å². The molecule has 112 valence electrons. The van der Waals surface area contributed by atoms with Crippen LogP contribution in [0.3, 0.4) is 0 Å². The molecule has 0 amide bonds. The number of nitrogens with two attached hydrogens (primary N) is 1. The molecule has 0 aliphatic carbocycles. The lowest BCUT2D eigenvalue weighted by Gasteiger charge is -2.10. The highest BCUT2D eigenvalue weighted by molar-refractivity contribution is 7.89. The zero-order chi connectivity index (χ0) is 15.3. The summed E-state index contributed by atoms with van der Waals surface area (Å²) in [6, 6.07) is 3.70. The Hall–Kier alpha value is -1.71. The van der Waals surface area contributed by atoms with E-state index in [2.05, 4.69) is 10.0 Å². The second-order valence-corrected chi connectivity index (χ2v) is 6.22. The number of hydrogen-bond acceptors (Lipinski definition) is 6. The van der Waals surface area contributed by atoms with E-state index in [4.69, 9.17) is 5.73 Å². The van der Waals surface area contributed by atoms with E-state index in [1.165, 1.54) is 19.2 Å². The monoisotopic (exact) mass is 302 g/mol. The summed E-state index contributed by atoms with van der Waals surface area (Å²) in [7, 11) is -2.46. The molecule has 1 aromatic carbocycles. The number of nitrogens with one attached hydrogen (secondary N) is 2. The number of nitrogens with zero attached hydrogens (tertiary/aromatic N) is 1. The minimum Gasteiger partial charge on any atom is -0.379 e. The van der Waals surface area contributed by atoms with Gasteiger partial charge in [-0.15, -0.1) is 0 Å². The van der Waals surface area contributed by atoms with Crippen LogP contribution in [0.2, 0.25) is 0 Å². The van der Waals surface area contributed by atoms with Crippen molar-refractivity contribution >= 4 is 21.4 Å². The Morgan fingerprint density at radius 2 is 2.10 bits per heavy atom. The molecule has 0 radical (unpaired) electrons. The summed E-state index contributed by atoms with van der Waals surface area (Å²) in [6.07, 6.45) is 0.647. The van der Waals surface area contributed by atoms with Gasteiger partial charge in [0.1, 0.15) is 5.69 Å². The smallest absolute Gasteiger partial charge is 0.293 e. The number of nitro groups is 1. The van der Waals surface area contributed by atoms with E-state index in [0.717, 1.165) is 6.07 Å². The zero-order valence-corrected chi connectivity index (χ0v) is 12.1. The van der Waals surface area contributed by atoms with Crippen molar-refractivity contribution in [2.24, 2.45) is 5.73 Å². The van der Waals surface area contributed by atoms with Crippen molar-refractivity contribution in [1.29, 1.82) is 0 Å². The van der Waals surface area contributed by atoms with Crippen LogP contribution in [0.5, 0.6) is 0 Å². The standard InChI is InChI=1S/C11H18N4O4S/c1-8(12)5-6-14-10-4-3-9(20(18,19)13-2)7-11(10)15(16)17/h3-4,7-8,13-14H,5-6,12H2,1-2H3. The van der Waals surface area contributed by atoms with E-state index < -0.39 is 14.9 Å². The Bertz CT molecular complexity index is 586. The van der Waals surface area contributed by atoms with Crippen LogP contribution in [0, 0.1) is 10.1 Å². The third kappa shape index (κ3) is 4.15. The maximum Gasteiger partial charge on any atom is 0.293 e. The molecule has 0 saturated carbocycles. The molecule has 0 aliphatic rings. The molecule has 9 heteroatoms. The first kappa shape index (κ1) is 16.3. The van der Waals surface area contributed by atoms with Crippen LogP contribution >= 0.6 is 0 Å². The maximum atomic E-state index is 11.6.